The van der Waals surface area contributed by atoms with E-state index in [1.807, 2.05) is 11.7 Å². The van der Waals surface area contributed by atoms with Crippen LogP contribution < -0.4 is 5.32 Å². The van der Waals surface area contributed by atoms with Crippen molar-refractivity contribution in [2.45, 2.75) is 39.8 Å². The first-order chi connectivity index (χ1) is 6.49. The molecular weight excluding hydrogens is 174 g/mol. The molecule has 0 aromatic carbocycles. The predicted molar refractivity (Wildman–Crippen MR) is 57.0 cm³/mol. The second-order valence-corrected chi connectivity index (χ2v) is 5.04. The van der Waals surface area contributed by atoms with Gasteiger partial charge in [-0.25, -0.2) is 0 Å². The Labute approximate surface area is 85.5 Å². The monoisotopic (exact) mass is 193 g/mol. The topological polar surface area (TPSA) is 29.9 Å². The minimum atomic E-state index is 0.510. The zero-order valence-corrected chi connectivity index (χ0v) is 9.46. The number of hydrogen-bond acceptors (Lipinski definition) is 2. The van der Waals surface area contributed by atoms with E-state index in [1.165, 1.54) is 12.0 Å². The smallest absolute Gasteiger partial charge is 0.0638 e. The van der Waals surface area contributed by atoms with Gasteiger partial charge in [0.05, 0.1) is 5.69 Å². The van der Waals surface area contributed by atoms with E-state index >= 15 is 0 Å². The summed E-state index contributed by atoms with van der Waals surface area (Å²) in [4.78, 5) is 0. The van der Waals surface area contributed by atoms with Crippen LogP contribution in [-0.4, -0.2) is 15.8 Å². The van der Waals surface area contributed by atoms with Crippen LogP contribution in [0.2, 0.25) is 0 Å². The molecule has 0 spiro atoms. The first-order valence-electron chi connectivity index (χ1n) is 5.21. The molecule has 1 unspecified atom stereocenters. The largest absolute Gasteiger partial charge is 0.309 e. The van der Waals surface area contributed by atoms with Gasteiger partial charge in [0.1, 0.15) is 0 Å². The summed E-state index contributed by atoms with van der Waals surface area (Å²) in [7, 11) is 1.97. The molecule has 0 saturated heterocycles. The van der Waals surface area contributed by atoms with Crippen LogP contribution in [0.5, 0.6) is 0 Å². The Morgan fingerprint density at radius 2 is 2.29 bits per heavy atom. The molecule has 3 nitrogen and oxygen atoms in total. The van der Waals surface area contributed by atoms with Gasteiger partial charge in [0.25, 0.3) is 0 Å². The van der Waals surface area contributed by atoms with E-state index < -0.39 is 0 Å². The molecular formula is C11H19N3. The Hall–Kier alpha value is -0.830. The Kier molecular flexibility index (Phi) is 2.14. The van der Waals surface area contributed by atoms with Crippen LogP contribution in [0, 0.1) is 12.3 Å². The summed E-state index contributed by atoms with van der Waals surface area (Å²) >= 11 is 0. The van der Waals surface area contributed by atoms with Crippen LogP contribution in [0.25, 0.3) is 0 Å². The third kappa shape index (κ3) is 1.82. The number of hydrogen-bond donors (Lipinski definition) is 1. The molecule has 0 radical (unpaired) electrons. The fourth-order valence-corrected chi connectivity index (χ4v) is 1.87. The van der Waals surface area contributed by atoms with Crippen molar-refractivity contribution in [3.05, 3.63) is 17.5 Å². The minimum absolute atomic E-state index is 0.510. The van der Waals surface area contributed by atoms with E-state index in [-0.39, 0.29) is 0 Å². The molecule has 0 amide bonds. The average molecular weight is 193 g/mol. The summed E-state index contributed by atoms with van der Waals surface area (Å²) in [5, 5.41) is 7.89. The van der Waals surface area contributed by atoms with Crippen molar-refractivity contribution in [2.75, 3.05) is 0 Å². The van der Waals surface area contributed by atoms with Gasteiger partial charge in [-0.05, 0) is 18.8 Å². The number of nitrogens with zero attached hydrogens (tertiary/aromatic N) is 2. The highest BCUT2D eigenvalue weighted by Gasteiger charge is 2.45. The first kappa shape index (κ1) is 9.71. The van der Waals surface area contributed by atoms with E-state index in [2.05, 4.69) is 37.4 Å². The van der Waals surface area contributed by atoms with Gasteiger partial charge in [-0.2, -0.15) is 5.10 Å². The zero-order chi connectivity index (χ0) is 10.3. The lowest BCUT2D eigenvalue weighted by Crippen LogP contribution is -2.20. The van der Waals surface area contributed by atoms with Crippen LogP contribution in [0.3, 0.4) is 0 Å². The average Bonchev–Trinajstić information content (AvgIpc) is 2.53. The molecule has 0 aliphatic heterocycles. The summed E-state index contributed by atoms with van der Waals surface area (Å²) in [6.45, 7) is 7.63. The fraction of sp³-hybridized carbons (Fsp3) is 0.727. The van der Waals surface area contributed by atoms with Crippen LogP contribution in [0.4, 0.5) is 0 Å². The summed E-state index contributed by atoms with van der Waals surface area (Å²) in [6, 6.07) is 0.696. The maximum atomic E-state index is 4.32. The molecule has 2 rings (SSSR count). The number of aryl methyl sites for hydroxylation is 2. The van der Waals surface area contributed by atoms with Crippen molar-refractivity contribution >= 4 is 0 Å². The molecule has 3 heteroatoms. The van der Waals surface area contributed by atoms with Crippen molar-refractivity contribution in [3.63, 3.8) is 0 Å². The minimum Gasteiger partial charge on any atom is -0.309 e. The van der Waals surface area contributed by atoms with E-state index in [1.54, 1.807) is 0 Å². The second kappa shape index (κ2) is 3.09. The Morgan fingerprint density at radius 1 is 1.64 bits per heavy atom. The van der Waals surface area contributed by atoms with E-state index in [9.17, 15) is 0 Å². The number of aromatic nitrogens is 2. The van der Waals surface area contributed by atoms with Crippen LogP contribution in [-0.2, 0) is 13.6 Å². The van der Waals surface area contributed by atoms with Crippen LogP contribution in [0.1, 0.15) is 31.5 Å². The molecule has 0 bridgehead atoms. The molecule has 1 aromatic heterocycles. The summed E-state index contributed by atoms with van der Waals surface area (Å²) in [5.74, 6) is 0. The van der Waals surface area contributed by atoms with Crippen LogP contribution >= 0.6 is 0 Å². The maximum Gasteiger partial charge on any atom is 0.0638 e. The normalized spacial score (nSPS) is 23.9. The SMILES string of the molecule is Cc1nn(C)cc1CNC1CC1(C)C. The van der Waals surface area contributed by atoms with Gasteiger partial charge >= 0.3 is 0 Å². The van der Waals surface area contributed by atoms with Crippen LogP contribution in [0.15, 0.2) is 6.20 Å². The quantitative estimate of drug-likeness (QED) is 0.790. The molecule has 1 fully saturated rings. The molecule has 14 heavy (non-hydrogen) atoms. The lowest BCUT2D eigenvalue weighted by molar-refractivity contribution is 0.541. The van der Waals surface area contributed by atoms with E-state index in [0.717, 1.165) is 12.2 Å². The third-order valence-electron chi connectivity index (χ3n) is 3.17. The van der Waals surface area contributed by atoms with E-state index in [4.69, 9.17) is 0 Å². The molecule has 1 aliphatic rings. The lowest BCUT2D eigenvalue weighted by atomic mass is 10.2. The molecule has 1 saturated carbocycles. The molecule has 1 aromatic rings. The zero-order valence-electron chi connectivity index (χ0n) is 9.46. The van der Waals surface area contributed by atoms with Crippen molar-refractivity contribution in [1.82, 2.24) is 15.1 Å². The van der Waals surface area contributed by atoms with Gasteiger partial charge in [0.15, 0.2) is 0 Å². The molecule has 1 aliphatic carbocycles. The molecule has 1 atom stereocenters. The first-order valence-corrected chi connectivity index (χ1v) is 5.21. The molecule has 1 N–H and O–H groups in total. The van der Waals surface area contributed by atoms with Gasteiger partial charge in [0.2, 0.25) is 0 Å². The van der Waals surface area contributed by atoms with Gasteiger partial charge in [0, 0.05) is 31.4 Å². The second-order valence-electron chi connectivity index (χ2n) is 5.04. The Bertz CT molecular complexity index is 338. The van der Waals surface area contributed by atoms with Crippen molar-refractivity contribution in [2.24, 2.45) is 12.5 Å². The molecule has 78 valence electrons. The summed E-state index contributed by atoms with van der Waals surface area (Å²) in [6.07, 6.45) is 3.39. The third-order valence-corrected chi connectivity index (χ3v) is 3.17. The Morgan fingerprint density at radius 3 is 2.71 bits per heavy atom. The summed E-state index contributed by atoms with van der Waals surface area (Å²) in [5.41, 5.74) is 2.96. The molecule has 1 heterocycles. The van der Waals surface area contributed by atoms with Crippen molar-refractivity contribution in [1.29, 1.82) is 0 Å². The summed E-state index contributed by atoms with van der Waals surface area (Å²) < 4.78 is 1.88. The standard InChI is InChI=1S/C11H19N3/c1-8-9(7-14(4)13-8)6-12-10-5-11(10,2)3/h7,10,12H,5-6H2,1-4H3. The number of nitrogens with one attached hydrogen (secondary N) is 1. The van der Waals surface area contributed by atoms with Gasteiger partial charge in [-0.3, -0.25) is 4.68 Å². The van der Waals surface area contributed by atoms with E-state index in [0.29, 0.717) is 11.5 Å². The van der Waals surface area contributed by atoms with Crippen molar-refractivity contribution < 1.29 is 0 Å². The van der Waals surface area contributed by atoms with Gasteiger partial charge in [-0.15, -0.1) is 0 Å². The van der Waals surface area contributed by atoms with Gasteiger partial charge < -0.3 is 5.32 Å². The maximum absolute atomic E-state index is 4.32. The number of rotatable bonds is 3. The van der Waals surface area contributed by atoms with Crippen molar-refractivity contribution in [3.8, 4) is 0 Å². The highest BCUT2D eigenvalue weighted by molar-refractivity contribution is 5.16. The lowest BCUT2D eigenvalue weighted by Gasteiger charge is -2.05. The highest BCUT2D eigenvalue weighted by Crippen LogP contribution is 2.44. The predicted octanol–water partition coefficient (Wildman–Crippen LogP) is 1.62. The highest BCUT2D eigenvalue weighted by atomic mass is 15.3. The van der Waals surface area contributed by atoms with Gasteiger partial charge in [-0.1, -0.05) is 13.8 Å². The fourth-order valence-electron chi connectivity index (χ4n) is 1.87. The Balaban J connectivity index is 1.90.